The van der Waals surface area contributed by atoms with E-state index in [-0.39, 0.29) is 26.0 Å². The van der Waals surface area contributed by atoms with Crippen molar-refractivity contribution < 1.29 is 41.9 Å². The number of aryl methyl sites for hydroxylation is 1. The van der Waals surface area contributed by atoms with Gasteiger partial charge in [-0.3, -0.25) is 19.1 Å². The number of sulfonamides is 1. The van der Waals surface area contributed by atoms with Crippen LogP contribution in [0.15, 0.2) is 43.0 Å². The molecule has 2 aromatic rings. The van der Waals surface area contributed by atoms with Gasteiger partial charge in [0, 0.05) is 29.8 Å². The molecule has 15 heteroatoms. The number of nitrogens with zero attached hydrogens (tertiary/aromatic N) is 2. The van der Waals surface area contributed by atoms with Crippen LogP contribution in [0.3, 0.4) is 0 Å². The molecule has 3 fully saturated rings. The fourth-order valence-electron chi connectivity index (χ4n) is 6.98. The van der Waals surface area contributed by atoms with E-state index in [1.807, 2.05) is 28.8 Å². The molecule has 3 heterocycles. The van der Waals surface area contributed by atoms with E-state index in [9.17, 15) is 32.4 Å². The molecule has 2 aliphatic carbocycles. The highest BCUT2D eigenvalue weighted by Gasteiger charge is 2.62. The molecule has 3 N–H and O–H groups in total. The summed E-state index contributed by atoms with van der Waals surface area (Å²) in [6, 6.07) is 7.13. The van der Waals surface area contributed by atoms with Crippen LogP contribution in [0.5, 0.6) is 0 Å². The first-order valence-electron chi connectivity index (χ1n) is 17.4. The normalized spacial score (nSPS) is 28.1. The van der Waals surface area contributed by atoms with Gasteiger partial charge in [0.15, 0.2) is 0 Å². The number of para-hydroxylation sites is 1. The molecule has 1 saturated heterocycles. The minimum absolute atomic E-state index is 0.0877. The highest BCUT2D eigenvalue weighted by molar-refractivity contribution is 7.91. The second kappa shape index (κ2) is 14.1. The Hall–Kier alpha value is -4.40. The number of esters is 1. The van der Waals surface area contributed by atoms with Gasteiger partial charge >= 0.3 is 12.1 Å². The van der Waals surface area contributed by atoms with Crippen molar-refractivity contribution in [1.29, 1.82) is 0 Å². The van der Waals surface area contributed by atoms with E-state index in [1.165, 1.54) is 11.0 Å². The number of hydrogen-bond donors (Lipinski definition) is 3. The number of benzene rings is 1. The van der Waals surface area contributed by atoms with E-state index < -0.39 is 80.6 Å². The van der Waals surface area contributed by atoms with Gasteiger partial charge in [0.2, 0.25) is 21.8 Å². The highest BCUT2D eigenvalue weighted by atomic mass is 32.2. The molecule has 14 nitrogen and oxygen atoms in total. The summed E-state index contributed by atoms with van der Waals surface area (Å²) in [4.78, 5) is 69.5. The first-order chi connectivity index (χ1) is 23.8. The third-order valence-electron chi connectivity index (χ3n) is 10.1. The maximum Gasteiger partial charge on any atom is 0.407 e. The third-order valence-corrected chi connectivity index (χ3v) is 11.9. The Kier molecular flexibility index (Phi) is 9.98. The number of hydrogen-bond acceptors (Lipinski definition) is 9. The first kappa shape index (κ1) is 35.4. The molecule has 0 unspecified atom stereocenters. The van der Waals surface area contributed by atoms with E-state index in [4.69, 9.17) is 9.47 Å². The minimum Gasteiger partial charge on any atom is -0.456 e. The van der Waals surface area contributed by atoms with Crippen molar-refractivity contribution in [2.75, 3.05) is 13.2 Å². The van der Waals surface area contributed by atoms with Gasteiger partial charge in [0.1, 0.15) is 29.4 Å². The van der Waals surface area contributed by atoms with Crippen molar-refractivity contribution in [1.82, 2.24) is 24.8 Å². The summed E-state index contributed by atoms with van der Waals surface area (Å²) in [5, 5.41) is 5.60. The largest absolute Gasteiger partial charge is 0.456 e. The third kappa shape index (κ3) is 7.23. The van der Waals surface area contributed by atoms with Crippen LogP contribution < -0.4 is 15.4 Å². The summed E-state index contributed by atoms with van der Waals surface area (Å²) >= 11 is 0. The first-order valence-corrected chi connectivity index (χ1v) is 18.9. The van der Waals surface area contributed by atoms with E-state index in [1.54, 1.807) is 19.9 Å². The maximum absolute atomic E-state index is 14.2. The van der Waals surface area contributed by atoms with Gasteiger partial charge in [0.25, 0.3) is 5.91 Å². The van der Waals surface area contributed by atoms with Crippen molar-refractivity contribution in [3.8, 4) is 0 Å². The zero-order chi connectivity index (χ0) is 35.8. The fraction of sp³-hybridized carbons (Fsp3) is 0.571. The molecular formula is C35H45N5O9S. The number of cyclic esters (lactones) is 1. The lowest BCUT2D eigenvalue weighted by Crippen LogP contribution is -2.59. The van der Waals surface area contributed by atoms with Crippen LogP contribution in [-0.4, -0.2) is 89.8 Å². The monoisotopic (exact) mass is 711 g/mol. The Morgan fingerprint density at radius 3 is 2.54 bits per heavy atom. The Morgan fingerprint density at radius 2 is 1.84 bits per heavy atom. The molecule has 2 saturated carbocycles. The van der Waals surface area contributed by atoms with Gasteiger partial charge < -0.3 is 29.6 Å². The number of nitrogens with one attached hydrogen (secondary N) is 3. The summed E-state index contributed by atoms with van der Waals surface area (Å²) < 4.78 is 40.7. The molecule has 270 valence electrons. The Balaban J connectivity index is 1.29. The quantitative estimate of drug-likeness (QED) is 0.287. The highest BCUT2D eigenvalue weighted by Crippen LogP contribution is 2.45. The minimum atomic E-state index is -3.90. The van der Waals surface area contributed by atoms with Gasteiger partial charge in [-0.25, -0.2) is 18.0 Å². The maximum atomic E-state index is 14.2. The number of rotatable bonds is 7. The molecule has 1 aromatic heterocycles. The standard InChI is InChI=1S/C35H45N5O9S/c1-4-23-19-35(23,33(44)38-50(46,47)25-13-14-25)37-30(41)27-18-24-20-40(27)31(42)29(21(2)3)36-34(45)48-16-10-6-5-9-15-39-26-12-8-7-11-22(26)17-28(39)32(43)49-24/h4,7-8,11-12,17,21,23-25,27,29H,1,5-6,9-10,13-16,18-20H2,2-3H3,(H,36,45)(H,37,41)(H,38,44)/t23-,24+,27-,29-,35+/m0/s1. The number of carbonyl (C=O) groups is 5. The summed E-state index contributed by atoms with van der Waals surface area (Å²) in [6.45, 7) is 7.80. The van der Waals surface area contributed by atoms with E-state index in [0.717, 1.165) is 30.2 Å². The number of ether oxygens (including phenoxy) is 2. The van der Waals surface area contributed by atoms with Crippen molar-refractivity contribution in [3.63, 3.8) is 0 Å². The second-order valence-corrected chi connectivity index (χ2v) is 16.1. The molecule has 0 radical (unpaired) electrons. The number of alkyl carbamates (subject to hydrolysis) is 1. The lowest BCUT2D eigenvalue weighted by atomic mass is 10.0. The topological polar surface area (TPSA) is 182 Å². The smallest absolute Gasteiger partial charge is 0.407 e. The molecule has 6 rings (SSSR count). The number of carbonyl (C=O) groups excluding carboxylic acids is 5. The molecule has 0 spiro atoms. The van der Waals surface area contributed by atoms with Crippen molar-refractivity contribution in [2.24, 2.45) is 11.8 Å². The average molecular weight is 712 g/mol. The summed E-state index contributed by atoms with van der Waals surface area (Å²) in [5.74, 6) is -3.71. The zero-order valence-electron chi connectivity index (χ0n) is 28.4. The van der Waals surface area contributed by atoms with Gasteiger partial charge in [0.05, 0.1) is 18.4 Å². The van der Waals surface area contributed by atoms with Crippen LogP contribution in [0.2, 0.25) is 0 Å². The molecule has 4 aliphatic rings. The van der Waals surface area contributed by atoms with E-state index in [2.05, 4.69) is 21.9 Å². The lowest BCUT2D eigenvalue weighted by Gasteiger charge is -2.31. The van der Waals surface area contributed by atoms with E-state index >= 15 is 0 Å². The van der Waals surface area contributed by atoms with Crippen molar-refractivity contribution in [2.45, 2.75) is 101 Å². The molecule has 2 aliphatic heterocycles. The van der Waals surface area contributed by atoms with Gasteiger partial charge in [-0.15, -0.1) is 6.58 Å². The van der Waals surface area contributed by atoms with Crippen LogP contribution in [-0.2, 0) is 40.4 Å². The van der Waals surface area contributed by atoms with E-state index in [0.29, 0.717) is 31.5 Å². The molecule has 1 aromatic carbocycles. The Labute approximate surface area is 291 Å². The molecular weight excluding hydrogens is 666 g/mol. The molecule has 5 atom stereocenters. The van der Waals surface area contributed by atoms with Crippen LogP contribution in [0.1, 0.15) is 75.7 Å². The zero-order valence-corrected chi connectivity index (χ0v) is 29.2. The molecule has 50 heavy (non-hydrogen) atoms. The number of aromatic nitrogens is 1. The van der Waals surface area contributed by atoms with Crippen molar-refractivity contribution in [3.05, 3.63) is 48.7 Å². The Morgan fingerprint density at radius 1 is 1.10 bits per heavy atom. The summed E-state index contributed by atoms with van der Waals surface area (Å²) in [7, 11) is -3.90. The number of amides is 4. The van der Waals surface area contributed by atoms with Crippen molar-refractivity contribution >= 4 is 50.7 Å². The molecule has 2 bridgehead atoms. The van der Waals surface area contributed by atoms with Crippen LogP contribution in [0.4, 0.5) is 4.79 Å². The fourth-order valence-corrected chi connectivity index (χ4v) is 8.34. The van der Waals surface area contributed by atoms with Crippen LogP contribution in [0.25, 0.3) is 10.9 Å². The van der Waals surface area contributed by atoms with Crippen LogP contribution >= 0.6 is 0 Å². The van der Waals surface area contributed by atoms with Crippen LogP contribution in [0, 0.1) is 11.8 Å². The lowest BCUT2D eigenvalue weighted by molar-refractivity contribution is -0.141. The average Bonchev–Trinajstić information content (AvgIpc) is 3.98. The van der Waals surface area contributed by atoms with Gasteiger partial charge in [-0.2, -0.15) is 0 Å². The summed E-state index contributed by atoms with van der Waals surface area (Å²) in [6.07, 6.45) is 3.78. The summed E-state index contributed by atoms with van der Waals surface area (Å²) in [5.41, 5.74) is -0.340. The number of fused-ring (bicyclic) bond motifs is 5. The predicted molar refractivity (Wildman–Crippen MR) is 182 cm³/mol. The Bertz CT molecular complexity index is 1800. The second-order valence-electron chi connectivity index (χ2n) is 14.1. The van der Waals surface area contributed by atoms with Gasteiger partial charge in [-0.1, -0.05) is 44.5 Å². The molecule has 4 amide bonds. The predicted octanol–water partition coefficient (Wildman–Crippen LogP) is 2.76. The van der Waals surface area contributed by atoms with Gasteiger partial charge in [-0.05, 0) is 56.6 Å². The SMILES string of the molecule is C=C[C@H]1C[C@]1(NC(=O)[C@@H]1C[C@@H]2CN1C(=O)[C@H](C(C)C)NC(=O)OCCCCCCn1c(cc3ccccc31)C(=O)O2)C(=O)NS(=O)(=O)C1CC1.